The number of guanidine groups is 1. The van der Waals surface area contributed by atoms with E-state index in [0.29, 0.717) is 13.0 Å². The number of hydrogen-bond acceptors (Lipinski definition) is 3. The maximum absolute atomic E-state index is 12.0. The average Bonchev–Trinajstić information content (AvgIpc) is 2.60. The van der Waals surface area contributed by atoms with Crippen molar-refractivity contribution in [3.63, 3.8) is 0 Å². The van der Waals surface area contributed by atoms with Crippen LogP contribution in [-0.2, 0) is 9.53 Å². The summed E-state index contributed by atoms with van der Waals surface area (Å²) in [6.07, 6.45) is 2.37. The second kappa shape index (κ2) is 16.3. The number of benzene rings is 1. The third-order valence-electron chi connectivity index (χ3n) is 3.29. The van der Waals surface area contributed by atoms with Crippen molar-refractivity contribution in [2.24, 2.45) is 4.99 Å². The Morgan fingerprint density at radius 1 is 1.15 bits per heavy atom. The molecule has 0 radical (unpaired) electrons. The van der Waals surface area contributed by atoms with Crippen molar-refractivity contribution in [3.05, 3.63) is 28.7 Å². The quantitative estimate of drug-likeness (QED) is 0.173. The van der Waals surface area contributed by atoms with Crippen molar-refractivity contribution in [3.8, 4) is 0 Å². The second-order valence-electron chi connectivity index (χ2n) is 5.40. The molecule has 0 aliphatic heterocycles. The molecule has 6 nitrogen and oxygen atoms in total. The largest absolute Gasteiger partial charge is 0.382 e. The summed E-state index contributed by atoms with van der Waals surface area (Å²) in [6, 6.07) is 7.52. The lowest BCUT2D eigenvalue weighted by Gasteiger charge is -2.11. The van der Waals surface area contributed by atoms with Gasteiger partial charge in [-0.05, 0) is 51.0 Å². The van der Waals surface area contributed by atoms with Gasteiger partial charge in [-0.15, -0.1) is 24.0 Å². The molecule has 26 heavy (non-hydrogen) atoms. The van der Waals surface area contributed by atoms with Crippen molar-refractivity contribution in [1.29, 1.82) is 0 Å². The normalized spacial score (nSPS) is 10.8. The third kappa shape index (κ3) is 12.5. The van der Waals surface area contributed by atoms with Gasteiger partial charge in [0.2, 0.25) is 5.91 Å². The first kappa shape index (κ1) is 25.1. The van der Waals surface area contributed by atoms with Crippen molar-refractivity contribution in [1.82, 2.24) is 10.6 Å². The summed E-state index contributed by atoms with van der Waals surface area (Å²) in [7, 11) is 0. The van der Waals surface area contributed by atoms with E-state index in [1.807, 2.05) is 38.1 Å². The van der Waals surface area contributed by atoms with Gasteiger partial charge in [-0.3, -0.25) is 9.79 Å². The summed E-state index contributed by atoms with van der Waals surface area (Å²) < 4.78 is 6.29. The number of rotatable bonds is 11. The molecular formula is C18H30BrIN4O2. The Balaban J connectivity index is 0.00000625. The molecule has 0 atom stereocenters. The highest BCUT2D eigenvalue weighted by Crippen LogP contribution is 2.14. The number of nitrogens with one attached hydrogen (secondary N) is 3. The number of carbonyl (C=O) groups excluding carboxylic acids is 1. The highest BCUT2D eigenvalue weighted by Gasteiger charge is 2.03. The molecule has 0 aliphatic rings. The lowest BCUT2D eigenvalue weighted by atomic mass is 10.3. The fourth-order valence-electron chi connectivity index (χ4n) is 2.04. The SMILES string of the molecule is CCNC(=NCCCCOCC)NCCC(=O)Nc1ccc(Br)cc1.I. The first-order valence-electron chi connectivity index (χ1n) is 8.81. The van der Waals surface area contributed by atoms with Gasteiger partial charge < -0.3 is 20.7 Å². The van der Waals surface area contributed by atoms with Crippen LogP contribution in [0.4, 0.5) is 5.69 Å². The van der Waals surface area contributed by atoms with Crippen LogP contribution in [0.5, 0.6) is 0 Å². The molecule has 0 aromatic heterocycles. The van der Waals surface area contributed by atoms with Crippen LogP contribution in [0.1, 0.15) is 33.1 Å². The number of anilines is 1. The molecule has 0 saturated heterocycles. The lowest BCUT2D eigenvalue weighted by molar-refractivity contribution is -0.116. The Morgan fingerprint density at radius 2 is 1.88 bits per heavy atom. The van der Waals surface area contributed by atoms with Crippen LogP contribution in [0.25, 0.3) is 0 Å². The Labute approximate surface area is 182 Å². The molecule has 0 spiro atoms. The zero-order chi connectivity index (χ0) is 18.3. The summed E-state index contributed by atoms with van der Waals surface area (Å²) in [5, 5.41) is 9.25. The van der Waals surface area contributed by atoms with E-state index in [1.165, 1.54) is 0 Å². The summed E-state index contributed by atoms with van der Waals surface area (Å²) in [6.45, 7) is 7.63. The molecule has 0 aliphatic carbocycles. The molecule has 3 N–H and O–H groups in total. The van der Waals surface area contributed by atoms with E-state index in [9.17, 15) is 4.79 Å². The lowest BCUT2D eigenvalue weighted by Crippen LogP contribution is -2.38. The fraction of sp³-hybridized carbons (Fsp3) is 0.556. The van der Waals surface area contributed by atoms with Gasteiger partial charge in [0.25, 0.3) is 0 Å². The summed E-state index contributed by atoms with van der Waals surface area (Å²) >= 11 is 3.37. The van der Waals surface area contributed by atoms with Crippen molar-refractivity contribution in [2.45, 2.75) is 33.1 Å². The Bertz CT molecular complexity index is 526. The highest BCUT2D eigenvalue weighted by molar-refractivity contribution is 14.0. The molecule has 1 aromatic carbocycles. The van der Waals surface area contributed by atoms with E-state index in [-0.39, 0.29) is 29.9 Å². The molecule has 0 bridgehead atoms. The van der Waals surface area contributed by atoms with Gasteiger partial charge in [0, 0.05) is 49.4 Å². The molecule has 0 fully saturated rings. The Morgan fingerprint density at radius 3 is 2.54 bits per heavy atom. The van der Waals surface area contributed by atoms with Gasteiger partial charge in [0.1, 0.15) is 0 Å². The zero-order valence-corrected chi connectivity index (χ0v) is 19.4. The monoisotopic (exact) mass is 540 g/mol. The van der Waals surface area contributed by atoms with Crippen molar-refractivity contribution < 1.29 is 9.53 Å². The minimum atomic E-state index is -0.0256. The van der Waals surface area contributed by atoms with E-state index < -0.39 is 0 Å². The number of halogens is 2. The van der Waals surface area contributed by atoms with Crippen LogP contribution in [-0.4, -0.2) is 44.7 Å². The first-order valence-corrected chi connectivity index (χ1v) is 9.60. The Kier molecular flexibility index (Phi) is 15.8. The van der Waals surface area contributed by atoms with Crippen LogP contribution in [0.15, 0.2) is 33.7 Å². The maximum Gasteiger partial charge on any atom is 0.226 e. The molecular weight excluding hydrogens is 511 g/mol. The molecule has 1 amide bonds. The minimum absolute atomic E-state index is 0. The van der Waals surface area contributed by atoms with E-state index in [0.717, 1.165) is 55.3 Å². The van der Waals surface area contributed by atoms with Crippen LogP contribution in [0.3, 0.4) is 0 Å². The number of ether oxygens (including phenoxy) is 1. The van der Waals surface area contributed by atoms with Gasteiger partial charge in [-0.25, -0.2) is 0 Å². The summed E-state index contributed by atoms with van der Waals surface area (Å²) in [5.41, 5.74) is 0.795. The van der Waals surface area contributed by atoms with E-state index >= 15 is 0 Å². The summed E-state index contributed by atoms with van der Waals surface area (Å²) in [4.78, 5) is 16.5. The number of nitrogens with zero attached hydrogens (tertiary/aromatic N) is 1. The number of amides is 1. The van der Waals surface area contributed by atoms with E-state index in [4.69, 9.17) is 4.74 Å². The Hall–Kier alpha value is -0.870. The predicted molar refractivity (Wildman–Crippen MR) is 123 cm³/mol. The molecule has 1 rings (SSSR count). The fourth-order valence-corrected chi connectivity index (χ4v) is 2.31. The van der Waals surface area contributed by atoms with Crippen molar-refractivity contribution >= 4 is 57.5 Å². The number of hydrogen-bond donors (Lipinski definition) is 3. The van der Waals surface area contributed by atoms with Gasteiger partial charge >= 0.3 is 0 Å². The molecule has 1 aromatic rings. The number of unbranched alkanes of at least 4 members (excludes halogenated alkanes) is 1. The standard InChI is InChI=1S/C18H29BrN4O2.HI/c1-3-20-18(21-12-5-6-14-25-4-2)22-13-11-17(24)23-16-9-7-15(19)8-10-16;/h7-10H,3-6,11-14H2,1-2H3,(H,23,24)(H2,20,21,22);1H. The van der Waals surface area contributed by atoms with Gasteiger partial charge in [-0.1, -0.05) is 15.9 Å². The van der Waals surface area contributed by atoms with E-state index in [2.05, 4.69) is 36.9 Å². The number of carbonyl (C=O) groups is 1. The van der Waals surface area contributed by atoms with Crippen LogP contribution >= 0.6 is 39.9 Å². The molecule has 0 heterocycles. The van der Waals surface area contributed by atoms with Crippen molar-refractivity contribution in [2.75, 3.05) is 38.2 Å². The average molecular weight is 541 g/mol. The van der Waals surface area contributed by atoms with Crippen LogP contribution < -0.4 is 16.0 Å². The first-order chi connectivity index (χ1) is 12.2. The van der Waals surface area contributed by atoms with Crippen LogP contribution in [0, 0.1) is 0 Å². The third-order valence-corrected chi connectivity index (χ3v) is 3.82. The predicted octanol–water partition coefficient (Wildman–Crippen LogP) is 3.77. The van der Waals surface area contributed by atoms with Gasteiger partial charge in [0.15, 0.2) is 5.96 Å². The topological polar surface area (TPSA) is 74.8 Å². The summed E-state index contributed by atoms with van der Waals surface area (Å²) in [5.74, 6) is 0.720. The smallest absolute Gasteiger partial charge is 0.226 e. The minimum Gasteiger partial charge on any atom is -0.382 e. The second-order valence-corrected chi connectivity index (χ2v) is 6.31. The number of aliphatic imine (C=N–C) groups is 1. The van der Waals surface area contributed by atoms with Crippen LogP contribution in [0.2, 0.25) is 0 Å². The molecule has 148 valence electrons. The van der Waals surface area contributed by atoms with Gasteiger partial charge in [-0.2, -0.15) is 0 Å². The molecule has 8 heteroatoms. The highest BCUT2D eigenvalue weighted by atomic mass is 127. The molecule has 0 saturated carbocycles. The van der Waals surface area contributed by atoms with E-state index in [1.54, 1.807) is 0 Å². The zero-order valence-electron chi connectivity index (χ0n) is 15.5. The molecule has 0 unspecified atom stereocenters. The maximum atomic E-state index is 12.0. The van der Waals surface area contributed by atoms with Gasteiger partial charge in [0.05, 0.1) is 0 Å².